The van der Waals surface area contributed by atoms with Gasteiger partial charge >= 0.3 is 0 Å². The second-order valence-corrected chi connectivity index (χ2v) is 3.10. The van der Waals surface area contributed by atoms with Crippen molar-refractivity contribution in [3.8, 4) is 0 Å². The first kappa shape index (κ1) is 14.7. The zero-order valence-electron chi connectivity index (χ0n) is 10.5. The van der Waals surface area contributed by atoms with Gasteiger partial charge < -0.3 is 27.4 Å². The van der Waals surface area contributed by atoms with Gasteiger partial charge in [0.05, 0.1) is 0 Å². The maximum atomic E-state index is 5.14. The fourth-order valence-corrected chi connectivity index (χ4v) is 0.963. The predicted octanol–water partition coefficient (Wildman–Crippen LogP) is -1.63. The summed E-state index contributed by atoms with van der Waals surface area (Å²) < 4.78 is 0. The summed E-state index contributed by atoms with van der Waals surface area (Å²) in [4.78, 5) is 16.3. The first-order valence-corrected chi connectivity index (χ1v) is 4.75. The van der Waals surface area contributed by atoms with E-state index in [2.05, 4.69) is 25.3 Å². The Balaban J connectivity index is 0.000000304. The number of aliphatic imine (C=N–C) groups is 1. The van der Waals surface area contributed by atoms with Crippen molar-refractivity contribution in [3.05, 3.63) is 0 Å². The van der Waals surface area contributed by atoms with Gasteiger partial charge in [0.15, 0.2) is 5.96 Å². The molecule has 0 aliphatic heterocycles. The van der Waals surface area contributed by atoms with Crippen molar-refractivity contribution >= 4 is 23.8 Å². The molecule has 0 aliphatic carbocycles. The number of nitrogens with two attached hydrogens (primary N) is 3. The third kappa shape index (κ3) is 5.97. The van der Waals surface area contributed by atoms with E-state index in [1.165, 1.54) is 0 Å². The zero-order valence-corrected chi connectivity index (χ0v) is 10.5. The molecule has 0 saturated carbocycles. The van der Waals surface area contributed by atoms with Gasteiger partial charge in [-0.3, -0.25) is 4.99 Å². The van der Waals surface area contributed by atoms with Crippen molar-refractivity contribution in [3.63, 3.8) is 0 Å². The molecule has 0 fully saturated rings. The van der Waals surface area contributed by atoms with Crippen LogP contribution >= 0.6 is 0 Å². The summed E-state index contributed by atoms with van der Waals surface area (Å²) in [6, 6.07) is 0. The van der Waals surface area contributed by atoms with Gasteiger partial charge in [0, 0.05) is 28.2 Å². The number of rotatable bonds is 0. The Kier molecular flexibility index (Phi) is 6.08. The zero-order chi connectivity index (χ0) is 13.4. The molecule has 17 heavy (non-hydrogen) atoms. The van der Waals surface area contributed by atoms with Crippen LogP contribution in [0.4, 0.5) is 17.8 Å². The van der Waals surface area contributed by atoms with E-state index < -0.39 is 0 Å². The van der Waals surface area contributed by atoms with Crippen LogP contribution < -0.4 is 22.5 Å². The normalized spacial score (nSPS) is 10.2. The fourth-order valence-electron chi connectivity index (χ4n) is 0.963. The number of nitrogens with one attached hydrogen (secondary N) is 1. The molecule has 0 amide bonds. The lowest BCUT2D eigenvalue weighted by atomic mass is 10.8. The van der Waals surface area contributed by atoms with E-state index >= 15 is 0 Å². The summed E-state index contributed by atoms with van der Waals surface area (Å²) in [5.41, 5.74) is 15.4. The van der Waals surface area contributed by atoms with Gasteiger partial charge in [-0.15, -0.1) is 0 Å². The summed E-state index contributed by atoms with van der Waals surface area (Å²) in [6.07, 6.45) is 0. The van der Waals surface area contributed by atoms with Crippen molar-refractivity contribution in [2.24, 2.45) is 4.99 Å². The number of nitrogen functional groups attached to an aromatic ring is 3. The number of anilines is 3. The third-order valence-corrected chi connectivity index (χ3v) is 1.55. The van der Waals surface area contributed by atoms with E-state index in [9.17, 15) is 0 Å². The summed E-state index contributed by atoms with van der Waals surface area (Å²) >= 11 is 0. The summed E-state index contributed by atoms with van der Waals surface area (Å²) in [7, 11) is 7.49. The minimum absolute atomic E-state index is 0.0417. The highest BCUT2D eigenvalue weighted by atomic mass is 15.2. The van der Waals surface area contributed by atoms with Gasteiger partial charge in [0.2, 0.25) is 17.8 Å². The van der Waals surface area contributed by atoms with Crippen LogP contribution in [0, 0.1) is 0 Å². The molecule has 96 valence electrons. The van der Waals surface area contributed by atoms with Gasteiger partial charge in [0.25, 0.3) is 0 Å². The van der Waals surface area contributed by atoms with Crippen molar-refractivity contribution < 1.29 is 0 Å². The Bertz CT molecular complexity index is 323. The Morgan fingerprint density at radius 2 is 1.41 bits per heavy atom. The van der Waals surface area contributed by atoms with E-state index in [-0.39, 0.29) is 17.8 Å². The lowest BCUT2D eigenvalue weighted by Crippen LogP contribution is -2.33. The van der Waals surface area contributed by atoms with Crippen molar-refractivity contribution in [2.75, 3.05) is 45.4 Å². The van der Waals surface area contributed by atoms with Gasteiger partial charge in [-0.25, -0.2) is 0 Å². The molecule has 0 unspecified atom stereocenters. The van der Waals surface area contributed by atoms with Crippen LogP contribution in [-0.2, 0) is 0 Å². The number of aromatic nitrogens is 3. The van der Waals surface area contributed by atoms with Crippen LogP contribution in [0.5, 0.6) is 0 Å². The number of hydrogen-bond acceptors (Lipinski definition) is 7. The average molecular weight is 241 g/mol. The first-order valence-electron chi connectivity index (χ1n) is 4.75. The Morgan fingerprint density at radius 1 is 1.06 bits per heavy atom. The molecule has 1 rings (SSSR count). The van der Waals surface area contributed by atoms with Crippen LogP contribution in [0.25, 0.3) is 0 Å². The van der Waals surface area contributed by atoms with Crippen molar-refractivity contribution in [1.82, 2.24) is 25.2 Å². The van der Waals surface area contributed by atoms with Crippen LogP contribution in [0.2, 0.25) is 0 Å². The van der Waals surface area contributed by atoms with E-state index in [1.807, 2.05) is 26.0 Å². The topological polar surface area (TPSA) is 144 Å². The van der Waals surface area contributed by atoms with Crippen LogP contribution in [-0.4, -0.2) is 54.0 Å². The summed E-state index contributed by atoms with van der Waals surface area (Å²) in [6.45, 7) is 0. The predicted molar refractivity (Wildman–Crippen MR) is 69.2 cm³/mol. The first-order chi connectivity index (χ1) is 7.90. The maximum Gasteiger partial charge on any atom is 0.226 e. The lowest BCUT2D eigenvalue weighted by Gasteiger charge is -2.12. The average Bonchev–Trinajstić information content (AvgIpc) is 2.17. The van der Waals surface area contributed by atoms with E-state index in [4.69, 9.17) is 17.2 Å². The molecule has 1 aromatic rings. The Hall–Kier alpha value is -2.32. The standard InChI is InChI=1S/C5H13N3.C3H6N6/c1-6-5(7-2)8(3)4;4-1-7-2(5)9-3(6)8-1/h1-4H3,(H,6,7);(H6,4,5,6,7,8,9). The van der Waals surface area contributed by atoms with Crippen LogP contribution in [0.1, 0.15) is 0 Å². The summed E-state index contributed by atoms with van der Waals surface area (Å²) in [5.74, 6) is 1.02. The highest BCUT2D eigenvalue weighted by Gasteiger charge is 1.94. The molecule has 0 spiro atoms. The van der Waals surface area contributed by atoms with Gasteiger partial charge in [0.1, 0.15) is 0 Å². The highest BCUT2D eigenvalue weighted by Crippen LogP contribution is 1.97. The van der Waals surface area contributed by atoms with Crippen molar-refractivity contribution in [2.45, 2.75) is 0 Å². The molecular formula is C8H19N9. The fraction of sp³-hybridized carbons (Fsp3) is 0.500. The van der Waals surface area contributed by atoms with E-state index in [0.29, 0.717) is 0 Å². The Labute approximate surface area is 100 Å². The minimum atomic E-state index is 0.0417. The molecule has 1 aromatic heterocycles. The monoisotopic (exact) mass is 241 g/mol. The second-order valence-electron chi connectivity index (χ2n) is 3.10. The van der Waals surface area contributed by atoms with E-state index in [1.54, 1.807) is 7.05 Å². The third-order valence-electron chi connectivity index (χ3n) is 1.55. The second kappa shape index (κ2) is 7.04. The SMILES string of the molecule is CN=C(NC)N(C)C.Nc1nc(N)nc(N)n1. The molecule has 9 nitrogen and oxygen atoms in total. The molecule has 1 heterocycles. The van der Waals surface area contributed by atoms with Gasteiger partial charge in [-0.2, -0.15) is 15.0 Å². The summed E-state index contributed by atoms with van der Waals surface area (Å²) in [5, 5.41) is 2.93. The minimum Gasteiger partial charge on any atom is -0.368 e. The Morgan fingerprint density at radius 3 is 1.53 bits per heavy atom. The number of guanidine groups is 1. The molecule has 0 aliphatic rings. The maximum absolute atomic E-state index is 5.14. The smallest absolute Gasteiger partial charge is 0.226 e. The molecule has 0 radical (unpaired) electrons. The van der Waals surface area contributed by atoms with Crippen LogP contribution in [0.3, 0.4) is 0 Å². The molecule has 7 N–H and O–H groups in total. The van der Waals surface area contributed by atoms with Crippen molar-refractivity contribution in [1.29, 1.82) is 0 Å². The molecule has 0 bridgehead atoms. The molecule has 0 atom stereocenters. The lowest BCUT2D eigenvalue weighted by molar-refractivity contribution is 0.596. The van der Waals surface area contributed by atoms with Gasteiger partial charge in [-0.1, -0.05) is 0 Å². The number of hydrogen-bond donors (Lipinski definition) is 4. The molecule has 0 saturated heterocycles. The van der Waals surface area contributed by atoms with Gasteiger partial charge in [-0.05, 0) is 0 Å². The molecular weight excluding hydrogens is 222 g/mol. The highest BCUT2D eigenvalue weighted by molar-refractivity contribution is 5.78. The largest absolute Gasteiger partial charge is 0.368 e. The quantitative estimate of drug-likeness (QED) is 0.313. The molecule has 0 aromatic carbocycles. The van der Waals surface area contributed by atoms with E-state index in [0.717, 1.165) is 5.96 Å². The molecule has 9 heteroatoms. The number of nitrogens with zero attached hydrogens (tertiary/aromatic N) is 5. The van der Waals surface area contributed by atoms with Crippen LogP contribution in [0.15, 0.2) is 4.99 Å².